The summed E-state index contributed by atoms with van der Waals surface area (Å²) in [5.74, 6) is 0.786. The van der Waals surface area contributed by atoms with E-state index in [0.717, 1.165) is 5.82 Å². The molecule has 0 aromatic carbocycles. The minimum atomic E-state index is 0.0595. The first-order valence-corrected chi connectivity index (χ1v) is 3.88. The number of carbonyl (C=O) groups excluding carboxylic acids is 1. The molecule has 0 bridgehead atoms. The number of rotatable bonds is 3. The summed E-state index contributed by atoms with van der Waals surface area (Å²) in [6, 6.07) is 0. The van der Waals surface area contributed by atoms with E-state index in [1.54, 1.807) is 20.1 Å². The summed E-state index contributed by atoms with van der Waals surface area (Å²) in [6.07, 6.45) is 1.68. The van der Waals surface area contributed by atoms with Crippen LogP contribution in [-0.4, -0.2) is 31.0 Å². The van der Waals surface area contributed by atoms with E-state index >= 15 is 0 Å². The maximum atomic E-state index is 11.0. The van der Waals surface area contributed by atoms with Crippen molar-refractivity contribution in [3.05, 3.63) is 11.4 Å². The molecule has 0 N–H and O–H groups in total. The molecule has 3 nitrogen and oxygen atoms in total. The number of hydrogen-bond donors (Lipinski definition) is 0. The highest BCUT2D eigenvalue weighted by molar-refractivity contribution is 5.93. The molecule has 0 aromatic rings. The number of ketones is 1. The molecule has 68 valence electrons. The fourth-order valence-electron chi connectivity index (χ4n) is 0.827. The lowest BCUT2D eigenvalue weighted by Crippen LogP contribution is -2.13. The van der Waals surface area contributed by atoms with Gasteiger partial charge in [0.05, 0.1) is 0 Å². The van der Waals surface area contributed by atoms with Crippen molar-refractivity contribution in [2.75, 3.05) is 14.1 Å². The maximum Gasteiger partial charge on any atom is 0.159 e. The Morgan fingerprint density at radius 1 is 1.33 bits per heavy atom. The van der Waals surface area contributed by atoms with E-state index in [0.29, 0.717) is 5.57 Å². The summed E-state index contributed by atoms with van der Waals surface area (Å²) in [5.41, 5.74) is 0.693. The number of hydrogen-bond acceptors (Lipinski definition) is 3. The Bertz CT molecular complexity index is 227. The van der Waals surface area contributed by atoms with Crippen molar-refractivity contribution in [2.24, 2.45) is 4.99 Å². The molecule has 12 heavy (non-hydrogen) atoms. The molecule has 0 aliphatic rings. The highest BCUT2D eigenvalue weighted by Crippen LogP contribution is 2.08. The van der Waals surface area contributed by atoms with Gasteiger partial charge in [0.2, 0.25) is 0 Å². The van der Waals surface area contributed by atoms with Crippen molar-refractivity contribution in [2.45, 2.75) is 20.8 Å². The van der Waals surface area contributed by atoms with Crippen LogP contribution in [0.15, 0.2) is 16.4 Å². The van der Waals surface area contributed by atoms with Gasteiger partial charge in [0.25, 0.3) is 0 Å². The van der Waals surface area contributed by atoms with E-state index in [9.17, 15) is 4.79 Å². The van der Waals surface area contributed by atoms with E-state index in [-0.39, 0.29) is 5.78 Å². The first kappa shape index (κ1) is 10.9. The molecular weight excluding hydrogens is 152 g/mol. The third-order valence-electron chi connectivity index (χ3n) is 1.54. The molecule has 0 saturated heterocycles. The Hall–Kier alpha value is -1.12. The first-order valence-electron chi connectivity index (χ1n) is 3.88. The SMILES string of the molecule is C/C=N\C(=C(/C)C(C)=O)N(C)C. The average Bonchev–Trinajstić information content (AvgIpc) is 1.98. The van der Waals surface area contributed by atoms with Crippen LogP contribution in [0.1, 0.15) is 20.8 Å². The summed E-state index contributed by atoms with van der Waals surface area (Å²) >= 11 is 0. The van der Waals surface area contributed by atoms with Crippen molar-refractivity contribution in [1.82, 2.24) is 4.90 Å². The van der Waals surface area contributed by atoms with Crippen molar-refractivity contribution >= 4 is 12.0 Å². The predicted octanol–water partition coefficient (Wildman–Crippen LogP) is 1.46. The summed E-state index contributed by atoms with van der Waals surface area (Å²) in [5, 5.41) is 0. The Balaban J connectivity index is 4.93. The van der Waals surface area contributed by atoms with Crippen LogP contribution in [-0.2, 0) is 4.79 Å². The molecule has 0 unspecified atom stereocenters. The Kier molecular flexibility index (Phi) is 4.26. The molecule has 0 saturated carbocycles. The van der Waals surface area contributed by atoms with Gasteiger partial charge in [-0.25, -0.2) is 4.99 Å². The molecule has 3 heteroatoms. The number of carbonyl (C=O) groups is 1. The van der Waals surface area contributed by atoms with Gasteiger partial charge in [-0.1, -0.05) is 0 Å². The third kappa shape index (κ3) is 2.86. The number of aliphatic imine (C=N–C) groups is 1. The molecular formula is C9H16N2O. The van der Waals surface area contributed by atoms with Gasteiger partial charge < -0.3 is 4.90 Å². The lowest BCUT2D eigenvalue weighted by molar-refractivity contribution is -0.113. The smallest absolute Gasteiger partial charge is 0.159 e. The fourth-order valence-corrected chi connectivity index (χ4v) is 0.827. The normalized spacial score (nSPS) is 13.1. The van der Waals surface area contributed by atoms with Crippen molar-refractivity contribution < 1.29 is 4.79 Å². The Morgan fingerprint density at radius 2 is 1.83 bits per heavy atom. The highest BCUT2D eigenvalue weighted by atomic mass is 16.1. The van der Waals surface area contributed by atoms with Crippen LogP contribution in [0.3, 0.4) is 0 Å². The zero-order valence-electron chi connectivity index (χ0n) is 8.38. The van der Waals surface area contributed by atoms with E-state index < -0.39 is 0 Å². The molecule has 0 amide bonds. The molecule has 0 spiro atoms. The standard InChI is InChI=1S/C9H16N2O/c1-6-10-9(11(4)5)7(2)8(3)12/h6H,1-5H3/b9-7-,10-6-. The van der Waals surface area contributed by atoms with Crippen LogP contribution in [0.4, 0.5) is 0 Å². The van der Waals surface area contributed by atoms with Crippen LogP contribution in [0, 0.1) is 0 Å². The largest absolute Gasteiger partial charge is 0.362 e. The minimum absolute atomic E-state index is 0.0595. The second-order valence-corrected chi connectivity index (χ2v) is 2.79. The molecule has 0 aromatic heterocycles. The molecule has 0 fully saturated rings. The summed E-state index contributed by atoms with van der Waals surface area (Å²) in [4.78, 5) is 16.9. The molecule has 0 rings (SSSR count). The Labute approximate surface area is 73.8 Å². The van der Waals surface area contributed by atoms with Crippen molar-refractivity contribution in [3.63, 3.8) is 0 Å². The monoisotopic (exact) mass is 168 g/mol. The van der Waals surface area contributed by atoms with Gasteiger partial charge in [-0.05, 0) is 20.8 Å². The van der Waals surface area contributed by atoms with Crippen LogP contribution in [0.5, 0.6) is 0 Å². The van der Waals surface area contributed by atoms with Crippen molar-refractivity contribution in [1.29, 1.82) is 0 Å². The van der Waals surface area contributed by atoms with Crippen LogP contribution in [0.25, 0.3) is 0 Å². The molecule has 0 atom stereocenters. The number of nitrogens with zero attached hydrogens (tertiary/aromatic N) is 2. The van der Waals surface area contributed by atoms with Gasteiger partial charge in [0.1, 0.15) is 5.82 Å². The molecule has 0 aliphatic heterocycles. The Morgan fingerprint density at radius 3 is 2.08 bits per heavy atom. The maximum absolute atomic E-state index is 11.0. The van der Waals surface area contributed by atoms with Crippen molar-refractivity contribution in [3.8, 4) is 0 Å². The minimum Gasteiger partial charge on any atom is -0.362 e. The van der Waals surface area contributed by atoms with Gasteiger partial charge >= 0.3 is 0 Å². The molecule has 0 aliphatic carbocycles. The summed E-state index contributed by atoms with van der Waals surface area (Å²) < 4.78 is 0. The number of allylic oxidation sites excluding steroid dienone is 1. The van der Waals surface area contributed by atoms with Gasteiger partial charge in [0.15, 0.2) is 5.78 Å². The van der Waals surface area contributed by atoms with Gasteiger partial charge in [-0.3, -0.25) is 4.79 Å². The molecule has 0 radical (unpaired) electrons. The van der Waals surface area contributed by atoms with E-state index in [2.05, 4.69) is 4.99 Å². The van der Waals surface area contributed by atoms with E-state index in [1.165, 1.54) is 0 Å². The van der Waals surface area contributed by atoms with Crippen LogP contribution in [0.2, 0.25) is 0 Å². The number of Topliss-reactive ketones (excluding diaryl/α,β-unsaturated/α-hetero) is 1. The van der Waals surface area contributed by atoms with Gasteiger partial charge in [-0.15, -0.1) is 0 Å². The zero-order chi connectivity index (χ0) is 9.72. The third-order valence-corrected chi connectivity index (χ3v) is 1.54. The predicted molar refractivity (Wildman–Crippen MR) is 51.2 cm³/mol. The lowest BCUT2D eigenvalue weighted by Gasteiger charge is -2.14. The van der Waals surface area contributed by atoms with Crippen LogP contribution < -0.4 is 0 Å². The fraction of sp³-hybridized carbons (Fsp3) is 0.556. The first-order chi connectivity index (χ1) is 5.50. The average molecular weight is 168 g/mol. The zero-order valence-corrected chi connectivity index (χ0v) is 8.38. The summed E-state index contributed by atoms with van der Waals surface area (Å²) in [7, 11) is 3.74. The van der Waals surface area contributed by atoms with E-state index in [1.807, 2.05) is 25.9 Å². The van der Waals surface area contributed by atoms with E-state index in [4.69, 9.17) is 0 Å². The highest BCUT2D eigenvalue weighted by Gasteiger charge is 2.06. The van der Waals surface area contributed by atoms with Crippen LogP contribution >= 0.6 is 0 Å². The summed E-state index contributed by atoms with van der Waals surface area (Å²) in [6.45, 7) is 5.16. The van der Waals surface area contributed by atoms with Gasteiger partial charge in [-0.2, -0.15) is 0 Å². The lowest BCUT2D eigenvalue weighted by atomic mass is 10.2. The second kappa shape index (κ2) is 4.70. The van der Waals surface area contributed by atoms with Gasteiger partial charge in [0, 0.05) is 25.9 Å². The topological polar surface area (TPSA) is 32.7 Å². The molecule has 0 heterocycles. The second-order valence-electron chi connectivity index (χ2n) is 2.79. The quantitative estimate of drug-likeness (QED) is 0.472.